The van der Waals surface area contributed by atoms with Crippen LogP contribution in [0.1, 0.15) is 82.8 Å². The summed E-state index contributed by atoms with van der Waals surface area (Å²) in [6, 6.07) is 1.12. The van der Waals surface area contributed by atoms with E-state index in [2.05, 4.69) is 27.8 Å². The van der Waals surface area contributed by atoms with E-state index in [4.69, 9.17) is 4.99 Å². The largest absolute Gasteiger partial charge is 0.354 e. The number of aromatic nitrogens is 3. The van der Waals surface area contributed by atoms with Crippen molar-refractivity contribution in [2.45, 2.75) is 96.7 Å². The van der Waals surface area contributed by atoms with Gasteiger partial charge in [0.1, 0.15) is 12.4 Å². The third-order valence-electron chi connectivity index (χ3n) is 6.14. The third-order valence-corrected chi connectivity index (χ3v) is 6.14. The Balaban J connectivity index is 1.59. The molecule has 2 N–H and O–H groups in total. The highest BCUT2D eigenvalue weighted by atomic mass is 15.3. The molecule has 2 fully saturated rings. The van der Waals surface area contributed by atoms with Crippen LogP contribution in [0.3, 0.4) is 0 Å². The Bertz CT molecular complexity index is 579. The predicted octanol–water partition coefficient (Wildman–Crippen LogP) is 3.46. The molecule has 0 amide bonds. The van der Waals surface area contributed by atoms with Crippen LogP contribution in [0.5, 0.6) is 0 Å². The van der Waals surface area contributed by atoms with Gasteiger partial charge in [-0.2, -0.15) is 0 Å². The van der Waals surface area contributed by atoms with E-state index in [0.29, 0.717) is 18.6 Å². The summed E-state index contributed by atoms with van der Waals surface area (Å²) in [6.45, 7) is 4.85. The van der Waals surface area contributed by atoms with E-state index in [0.717, 1.165) is 23.5 Å². The van der Waals surface area contributed by atoms with Crippen molar-refractivity contribution in [3.05, 3.63) is 11.6 Å². The lowest BCUT2D eigenvalue weighted by Gasteiger charge is -2.30. The molecule has 0 bridgehead atoms. The van der Waals surface area contributed by atoms with Gasteiger partial charge in [-0.3, -0.25) is 0 Å². The maximum Gasteiger partial charge on any atom is 0.192 e. The molecule has 1 aromatic rings. The van der Waals surface area contributed by atoms with Crippen molar-refractivity contribution < 1.29 is 0 Å². The number of nitrogens with one attached hydrogen (secondary N) is 2. The van der Waals surface area contributed by atoms with Crippen LogP contribution in [-0.2, 0) is 13.6 Å². The molecular weight excluding hydrogens is 324 g/mol. The quantitative estimate of drug-likeness (QED) is 0.602. The molecule has 26 heavy (non-hydrogen) atoms. The first-order valence-electron chi connectivity index (χ1n) is 10.6. The molecule has 0 spiro atoms. The zero-order chi connectivity index (χ0) is 18.4. The Morgan fingerprint density at radius 3 is 2.27 bits per heavy atom. The molecule has 0 aromatic carbocycles. The minimum Gasteiger partial charge on any atom is -0.354 e. The summed E-state index contributed by atoms with van der Waals surface area (Å²) in [5, 5.41) is 15.8. The summed E-state index contributed by atoms with van der Waals surface area (Å²) in [5.74, 6) is 3.75. The molecule has 2 saturated carbocycles. The van der Waals surface area contributed by atoms with Crippen LogP contribution < -0.4 is 10.6 Å². The average molecular weight is 361 g/mol. The van der Waals surface area contributed by atoms with Gasteiger partial charge in [0, 0.05) is 19.1 Å². The van der Waals surface area contributed by atoms with Crippen LogP contribution in [0, 0.1) is 12.8 Å². The predicted molar refractivity (Wildman–Crippen MR) is 106 cm³/mol. The van der Waals surface area contributed by atoms with Gasteiger partial charge in [0.2, 0.25) is 0 Å². The van der Waals surface area contributed by atoms with Gasteiger partial charge < -0.3 is 15.2 Å². The molecule has 3 rings (SSSR count). The van der Waals surface area contributed by atoms with Crippen LogP contribution in [0.2, 0.25) is 0 Å². The Morgan fingerprint density at radius 1 is 1.04 bits per heavy atom. The number of guanidine groups is 1. The second-order valence-corrected chi connectivity index (χ2v) is 8.16. The molecule has 6 heteroatoms. The molecule has 1 heterocycles. The van der Waals surface area contributed by atoms with Crippen molar-refractivity contribution in [1.29, 1.82) is 0 Å². The standard InChI is InChI=1S/C20H36N6/c1-4-7-16-10-12-18(13-11-16)23-20(22-17-8-5-6-9-17)21-14-19-25-24-15(2)26(19)3/h16-18H,4-14H2,1-3H3,(H2,21,22,23). The van der Waals surface area contributed by atoms with Crippen LogP contribution in [-0.4, -0.2) is 32.8 Å². The number of hydrogen-bond acceptors (Lipinski definition) is 3. The highest BCUT2D eigenvalue weighted by Crippen LogP contribution is 2.27. The SMILES string of the molecule is CCCC1CCC(NC(=NCc2nnc(C)n2C)NC2CCCC2)CC1. The topological polar surface area (TPSA) is 67.1 Å². The first-order valence-corrected chi connectivity index (χ1v) is 10.6. The second-order valence-electron chi connectivity index (χ2n) is 8.16. The highest BCUT2D eigenvalue weighted by molar-refractivity contribution is 5.80. The summed E-state index contributed by atoms with van der Waals surface area (Å²) in [7, 11) is 2.01. The Hall–Kier alpha value is -1.59. The van der Waals surface area contributed by atoms with Crippen molar-refractivity contribution in [3.63, 3.8) is 0 Å². The summed E-state index contributed by atoms with van der Waals surface area (Å²) < 4.78 is 2.02. The summed E-state index contributed by atoms with van der Waals surface area (Å²) in [6.07, 6.45) is 13.1. The molecule has 1 aromatic heterocycles. The lowest BCUT2D eigenvalue weighted by molar-refractivity contribution is 0.294. The van der Waals surface area contributed by atoms with Gasteiger partial charge in [-0.1, -0.05) is 32.6 Å². The van der Waals surface area contributed by atoms with Gasteiger partial charge in [0.15, 0.2) is 11.8 Å². The van der Waals surface area contributed by atoms with Crippen molar-refractivity contribution >= 4 is 5.96 Å². The minimum atomic E-state index is 0.553. The van der Waals surface area contributed by atoms with E-state index in [9.17, 15) is 0 Å². The molecule has 2 aliphatic carbocycles. The number of nitrogens with zero attached hydrogens (tertiary/aromatic N) is 4. The van der Waals surface area contributed by atoms with Gasteiger partial charge in [0.25, 0.3) is 0 Å². The van der Waals surface area contributed by atoms with Crippen LogP contribution >= 0.6 is 0 Å². The van der Waals surface area contributed by atoms with E-state index < -0.39 is 0 Å². The Kier molecular flexibility index (Phi) is 6.92. The maximum absolute atomic E-state index is 4.85. The van der Waals surface area contributed by atoms with Crippen molar-refractivity contribution in [2.24, 2.45) is 18.0 Å². The lowest BCUT2D eigenvalue weighted by atomic mass is 9.83. The zero-order valence-corrected chi connectivity index (χ0v) is 16.8. The monoisotopic (exact) mass is 360 g/mol. The fraction of sp³-hybridized carbons (Fsp3) is 0.850. The zero-order valence-electron chi connectivity index (χ0n) is 16.8. The number of aliphatic imine (C=N–C) groups is 1. The van der Waals surface area contributed by atoms with Gasteiger partial charge in [-0.25, -0.2) is 4.99 Å². The van der Waals surface area contributed by atoms with Gasteiger partial charge >= 0.3 is 0 Å². The lowest BCUT2D eigenvalue weighted by Crippen LogP contribution is -2.47. The molecule has 0 saturated heterocycles. The number of aryl methyl sites for hydroxylation is 1. The van der Waals surface area contributed by atoms with Crippen molar-refractivity contribution in [2.75, 3.05) is 0 Å². The van der Waals surface area contributed by atoms with Gasteiger partial charge in [0.05, 0.1) is 0 Å². The van der Waals surface area contributed by atoms with E-state index in [1.54, 1.807) is 0 Å². The molecular formula is C20H36N6. The molecule has 0 unspecified atom stereocenters. The van der Waals surface area contributed by atoms with E-state index >= 15 is 0 Å². The van der Waals surface area contributed by atoms with Gasteiger partial charge in [-0.15, -0.1) is 10.2 Å². The molecule has 0 atom stereocenters. The summed E-state index contributed by atoms with van der Waals surface area (Å²) >= 11 is 0. The fourth-order valence-corrected chi connectivity index (χ4v) is 4.33. The van der Waals surface area contributed by atoms with Crippen LogP contribution in [0.15, 0.2) is 4.99 Å². The van der Waals surface area contributed by atoms with E-state index in [1.165, 1.54) is 64.2 Å². The highest BCUT2D eigenvalue weighted by Gasteiger charge is 2.23. The Labute approximate surface area is 158 Å². The van der Waals surface area contributed by atoms with Crippen LogP contribution in [0.4, 0.5) is 0 Å². The summed E-state index contributed by atoms with van der Waals surface area (Å²) in [5.41, 5.74) is 0. The molecule has 0 aliphatic heterocycles. The second kappa shape index (κ2) is 9.38. The average Bonchev–Trinajstić information content (AvgIpc) is 3.26. The van der Waals surface area contributed by atoms with E-state index in [-0.39, 0.29) is 0 Å². The van der Waals surface area contributed by atoms with Crippen molar-refractivity contribution in [1.82, 2.24) is 25.4 Å². The van der Waals surface area contributed by atoms with Crippen molar-refractivity contribution in [3.8, 4) is 0 Å². The van der Waals surface area contributed by atoms with Gasteiger partial charge in [-0.05, 0) is 51.4 Å². The molecule has 146 valence electrons. The number of hydrogen-bond donors (Lipinski definition) is 2. The smallest absolute Gasteiger partial charge is 0.192 e. The molecule has 2 aliphatic rings. The summed E-state index contributed by atoms with van der Waals surface area (Å²) in [4.78, 5) is 4.85. The van der Waals surface area contributed by atoms with Crippen LogP contribution in [0.25, 0.3) is 0 Å². The molecule has 6 nitrogen and oxygen atoms in total. The first-order chi connectivity index (χ1) is 12.7. The molecule has 0 radical (unpaired) electrons. The fourth-order valence-electron chi connectivity index (χ4n) is 4.33. The minimum absolute atomic E-state index is 0.553. The maximum atomic E-state index is 4.85. The third kappa shape index (κ3) is 5.21. The Morgan fingerprint density at radius 2 is 1.69 bits per heavy atom. The normalized spacial score (nSPS) is 24.8. The van der Waals surface area contributed by atoms with E-state index in [1.807, 2.05) is 18.5 Å². The first kappa shape index (κ1) is 19.2. The number of rotatable bonds is 6.